The number of aliphatic hydroxyl groups is 1. The number of methoxy groups -OCH3 is 2. The molecule has 2 unspecified atom stereocenters. The van der Waals surface area contributed by atoms with Crippen LogP contribution < -0.4 is 10.1 Å². The van der Waals surface area contributed by atoms with E-state index in [0.29, 0.717) is 13.0 Å². The van der Waals surface area contributed by atoms with Gasteiger partial charge in [0.05, 0.1) is 19.8 Å². The minimum absolute atomic E-state index is 0.0220. The van der Waals surface area contributed by atoms with Gasteiger partial charge in [0, 0.05) is 25.1 Å². The van der Waals surface area contributed by atoms with E-state index in [2.05, 4.69) is 5.32 Å². The van der Waals surface area contributed by atoms with Crippen molar-refractivity contribution >= 4 is 11.0 Å². The predicted octanol–water partition coefficient (Wildman–Crippen LogP) is 2.49. The standard InChI is InChI=1S/C16H23NO4/c1-11(17-13(7-8-18)10-19-2)15-9-12-5-4-6-14(20-3)16(12)21-15/h4-6,9,11,13,17-18H,7-8,10H2,1-3H3. The molecule has 21 heavy (non-hydrogen) atoms. The Balaban J connectivity index is 2.16. The minimum atomic E-state index is 0.0220. The summed E-state index contributed by atoms with van der Waals surface area (Å²) in [5, 5.41) is 13.5. The van der Waals surface area contributed by atoms with Crippen LogP contribution in [0, 0.1) is 0 Å². The van der Waals surface area contributed by atoms with Crippen LogP contribution in [0.15, 0.2) is 28.7 Å². The van der Waals surface area contributed by atoms with Gasteiger partial charge in [0.2, 0.25) is 0 Å². The van der Waals surface area contributed by atoms with Crippen LogP contribution in [-0.4, -0.2) is 38.6 Å². The van der Waals surface area contributed by atoms with Crippen molar-refractivity contribution in [3.05, 3.63) is 30.0 Å². The van der Waals surface area contributed by atoms with Crippen LogP contribution in [0.1, 0.15) is 25.1 Å². The Morgan fingerprint density at radius 3 is 2.81 bits per heavy atom. The average Bonchev–Trinajstić information content (AvgIpc) is 2.91. The number of hydrogen-bond acceptors (Lipinski definition) is 5. The van der Waals surface area contributed by atoms with Crippen LogP contribution >= 0.6 is 0 Å². The third kappa shape index (κ3) is 3.75. The van der Waals surface area contributed by atoms with Crippen LogP contribution in [0.3, 0.4) is 0 Å². The van der Waals surface area contributed by atoms with Crippen LogP contribution in [0.5, 0.6) is 5.75 Å². The summed E-state index contributed by atoms with van der Waals surface area (Å²) in [6, 6.07) is 7.94. The van der Waals surface area contributed by atoms with E-state index in [1.807, 2.05) is 31.2 Å². The third-order valence-corrected chi connectivity index (χ3v) is 3.50. The highest BCUT2D eigenvalue weighted by Crippen LogP contribution is 2.31. The van der Waals surface area contributed by atoms with Gasteiger partial charge in [-0.05, 0) is 25.5 Å². The molecule has 0 spiro atoms. The van der Waals surface area contributed by atoms with Gasteiger partial charge in [0.25, 0.3) is 0 Å². The fourth-order valence-electron chi connectivity index (χ4n) is 2.44. The zero-order chi connectivity index (χ0) is 15.2. The Hall–Kier alpha value is -1.56. The summed E-state index contributed by atoms with van der Waals surface area (Å²) in [5.41, 5.74) is 0.758. The summed E-state index contributed by atoms with van der Waals surface area (Å²) in [7, 11) is 3.29. The molecule has 1 heterocycles. The van der Waals surface area contributed by atoms with Gasteiger partial charge in [-0.2, -0.15) is 0 Å². The number of para-hydroxylation sites is 1. The molecular weight excluding hydrogens is 270 g/mol. The smallest absolute Gasteiger partial charge is 0.176 e. The van der Waals surface area contributed by atoms with Crippen molar-refractivity contribution < 1.29 is 19.0 Å². The molecule has 2 atom stereocenters. The monoisotopic (exact) mass is 293 g/mol. The molecule has 2 aromatic rings. The Bertz CT molecular complexity index is 560. The molecule has 0 aliphatic rings. The fraction of sp³-hybridized carbons (Fsp3) is 0.500. The van der Waals surface area contributed by atoms with Gasteiger partial charge in [0.15, 0.2) is 11.3 Å². The molecule has 0 bridgehead atoms. The maximum Gasteiger partial charge on any atom is 0.176 e. The van der Waals surface area contributed by atoms with Crippen molar-refractivity contribution in [3.8, 4) is 5.75 Å². The lowest BCUT2D eigenvalue weighted by atomic mass is 10.1. The van der Waals surface area contributed by atoms with Crippen LogP contribution in [-0.2, 0) is 4.74 Å². The number of furan rings is 1. The first-order chi connectivity index (χ1) is 10.2. The Kier molecular flexibility index (Phi) is 5.61. The Morgan fingerprint density at radius 1 is 1.33 bits per heavy atom. The SMILES string of the molecule is COCC(CCO)NC(C)c1cc2cccc(OC)c2o1. The number of hydrogen-bond donors (Lipinski definition) is 2. The maximum atomic E-state index is 9.09. The summed E-state index contributed by atoms with van der Waals surface area (Å²) in [6.45, 7) is 2.71. The largest absolute Gasteiger partial charge is 0.493 e. The van der Waals surface area contributed by atoms with Crippen molar-refractivity contribution in [2.24, 2.45) is 0 Å². The van der Waals surface area contributed by atoms with Crippen molar-refractivity contribution in [2.45, 2.75) is 25.4 Å². The first-order valence-electron chi connectivity index (χ1n) is 7.12. The first kappa shape index (κ1) is 15.8. The minimum Gasteiger partial charge on any atom is -0.493 e. The van der Waals surface area contributed by atoms with Gasteiger partial charge in [-0.15, -0.1) is 0 Å². The Morgan fingerprint density at radius 2 is 2.14 bits per heavy atom. The normalized spacial score (nSPS) is 14.3. The van der Waals surface area contributed by atoms with E-state index in [1.54, 1.807) is 14.2 Å². The quantitative estimate of drug-likeness (QED) is 0.783. The molecule has 0 saturated carbocycles. The van der Waals surface area contributed by atoms with Gasteiger partial charge in [-0.3, -0.25) is 0 Å². The number of fused-ring (bicyclic) bond motifs is 1. The van der Waals surface area contributed by atoms with E-state index in [1.165, 1.54) is 0 Å². The molecule has 1 aromatic carbocycles. The lowest BCUT2D eigenvalue weighted by Gasteiger charge is -2.20. The van der Waals surface area contributed by atoms with Gasteiger partial charge >= 0.3 is 0 Å². The van der Waals surface area contributed by atoms with Crippen LogP contribution in [0.2, 0.25) is 0 Å². The molecule has 2 rings (SSSR count). The summed E-state index contributed by atoms with van der Waals surface area (Å²) in [6.07, 6.45) is 0.641. The fourth-order valence-corrected chi connectivity index (χ4v) is 2.44. The second kappa shape index (κ2) is 7.45. The second-order valence-corrected chi connectivity index (χ2v) is 5.08. The third-order valence-electron chi connectivity index (χ3n) is 3.50. The number of benzene rings is 1. The molecular formula is C16H23NO4. The second-order valence-electron chi connectivity index (χ2n) is 5.08. The highest BCUT2D eigenvalue weighted by molar-refractivity contribution is 5.83. The van der Waals surface area contributed by atoms with Crippen molar-refractivity contribution in [1.29, 1.82) is 0 Å². The molecule has 116 valence electrons. The molecule has 1 aromatic heterocycles. The molecule has 0 aliphatic heterocycles. The highest BCUT2D eigenvalue weighted by atomic mass is 16.5. The summed E-state index contributed by atoms with van der Waals surface area (Å²) < 4.78 is 16.4. The van der Waals surface area contributed by atoms with Gasteiger partial charge in [-0.25, -0.2) is 0 Å². The highest BCUT2D eigenvalue weighted by Gasteiger charge is 2.17. The molecule has 0 aliphatic carbocycles. The first-order valence-corrected chi connectivity index (χ1v) is 7.12. The topological polar surface area (TPSA) is 63.9 Å². The lowest BCUT2D eigenvalue weighted by Crippen LogP contribution is -2.35. The predicted molar refractivity (Wildman–Crippen MR) is 81.7 cm³/mol. The van der Waals surface area contributed by atoms with E-state index >= 15 is 0 Å². The number of aliphatic hydroxyl groups excluding tert-OH is 1. The molecule has 0 fully saturated rings. The number of nitrogens with one attached hydrogen (secondary N) is 1. The molecule has 5 heteroatoms. The number of ether oxygens (including phenoxy) is 2. The van der Waals surface area contributed by atoms with Gasteiger partial charge in [0.1, 0.15) is 5.76 Å². The molecule has 0 radical (unpaired) electrons. The lowest BCUT2D eigenvalue weighted by molar-refractivity contribution is 0.142. The molecule has 0 saturated heterocycles. The van der Waals surface area contributed by atoms with Crippen molar-refractivity contribution in [1.82, 2.24) is 5.32 Å². The summed E-state index contributed by atoms with van der Waals surface area (Å²) >= 11 is 0. The van der Waals surface area contributed by atoms with E-state index in [-0.39, 0.29) is 18.7 Å². The molecule has 2 N–H and O–H groups in total. The molecule has 0 amide bonds. The van der Waals surface area contributed by atoms with E-state index in [4.69, 9.17) is 19.0 Å². The Labute approximate surface area is 124 Å². The van der Waals surface area contributed by atoms with Crippen LogP contribution in [0.25, 0.3) is 11.0 Å². The molecule has 5 nitrogen and oxygen atoms in total. The van der Waals surface area contributed by atoms with Crippen LogP contribution in [0.4, 0.5) is 0 Å². The van der Waals surface area contributed by atoms with E-state index in [0.717, 1.165) is 22.5 Å². The van der Waals surface area contributed by atoms with Gasteiger partial charge < -0.3 is 24.3 Å². The zero-order valence-electron chi connectivity index (χ0n) is 12.8. The maximum absolute atomic E-state index is 9.09. The van der Waals surface area contributed by atoms with E-state index in [9.17, 15) is 0 Å². The van der Waals surface area contributed by atoms with E-state index < -0.39 is 0 Å². The zero-order valence-corrected chi connectivity index (χ0v) is 12.8. The average molecular weight is 293 g/mol. The van der Waals surface area contributed by atoms with Gasteiger partial charge in [-0.1, -0.05) is 12.1 Å². The summed E-state index contributed by atoms with van der Waals surface area (Å²) in [5.74, 6) is 1.57. The number of rotatable bonds is 8. The summed E-state index contributed by atoms with van der Waals surface area (Å²) in [4.78, 5) is 0. The van der Waals surface area contributed by atoms with Crippen molar-refractivity contribution in [2.75, 3.05) is 27.4 Å². The van der Waals surface area contributed by atoms with Crippen molar-refractivity contribution in [3.63, 3.8) is 0 Å².